The van der Waals surface area contributed by atoms with Crippen LogP contribution in [0, 0.1) is 10.1 Å². The van der Waals surface area contributed by atoms with Crippen LogP contribution in [0.3, 0.4) is 0 Å². The third kappa shape index (κ3) is 4.82. The Morgan fingerprint density at radius 1 is 1.34 bits per heavy atom. The van der Waals surface area contributed by atoms with Gasteiger partial charge in [-0.15, -0.1) is 21.5 Å². The number of thioether (sulfide) groups is 1. The smallest absolute Gasteiger partial charge is 0.271 e. The van der Waals surface area contributed by atoms with E-state index in [-0.39, 0.29) is 28.1 Å². The molecule has 2 heterocycles. The zero-order chi connectivity index (χ0) is 22.7. The van der Waals surface area contributed by atoms with Gasteiger partial charge in [-0.1, -0.05) is 30.3 Å². The first-order chi connectivity index (χ1) is 15.5. The van der Waals surface area contributed by atoms with Crippen LogP contribution < -0.4 is 5.32 Å². The van der Waals surface area contributed by atoms with E-state index < -0.39 is 4.92 Å². The molecule has 1 aliphatic rings. The minimum atomic E-state index is -0.529. The van der Waals surface area contributed by atoms with E-state index in [1.54, 1.807) is 11.3 Å². The number of benzene rings is 1. The predicted molar refractivity (Wildman–Crippen MR) is 128 cm³/mol. The molecule has 0 saturated carbocycles. The molecule has 0 atom stereocenters. The quantitative estimate of drug-likeness (QED) is 0.250. The highest BCUT2D eigenvalue weighted by Crippen LogP contribution is 2.37. The number of nitrogens with zero attached hydrogens (tertiary/aromatic N) is 4. The summed E-state index contributed by atoms with van der Waals surface area (Å²) in [6, 6.07) is 3.95. The number of non-ortho nitro benzene ring substituents is 1. The number of nitro benzene ring substituents is 1. The second kappa shape index (κ2) is 10.0. The summed E-state index contributed by atoms with van der Waals surface area (Å²) >= 11 is 9.16. The second-order valence-corrected chi connectivity index (χ2v) is 9.79. The third-order valence-corrected chi connectivity index (χ3v) is 7.62. The number of nitrogens with one attached hydrogen (secondary N) is 1. The average Bonchev–Trinajstić information content (AvgIpc) is 3.38. The molecule has 1 N–H and O–H groups in total. The number of halogens is 1. The lowest BCUT2D eigenvalue weighted by molar-refractivity contribution is -0.384. The van der Waals surface area contributed by atoms with Crippen LogP contribution in [0.5, 0.6) is 0 Å². The molecule has 0 fully saturated rings. The molecule has 1 amide bonds. The maximum atomic E-state index is 12.5. The van der Waals surface area contributed by atoms with Crippen molar-refractivity contribution in [3.63, 3.8) is 0 Å². The predicted octanol–water partition coefficient (Wildman–Crippen LogP) is 5.59. The number of fused-ring (bicyclic) bond motifs is 1. The molecule has 0 unspecified atom stereocenters. The zero-order valence-electron chi connectivity index (χ0n) is 17.5. The van der Waals surface area contributed by atoms with E-state index in [0.29, 0.717) is 5.16 Å². The van der Waals surface area contributed by atoms with Crippen molar-refractivity contribution in [3.8, 4) is 11.4 Å². The number of nitro groups is 1. The molecular formula is C21H22ClN5O3S2. The molecule has 32 heavy (non-hydrogen) atoms. The lowest BCUT2D eigenvalue weighted by Crippen LogP contribution is -2.15. The number of rotatable bonds is 8. The van der Waals surface area contributed by atoms with Gasteiger partial charge >= 0.3 is 0 Å². The molecule has 0 radical (unpaired) electrons. The summed E-state index contributed by atoms with van der Waals surface area (Å²) in [6.45, 7) is 2.85. The van der Waals surface area contributed by atoms with Gasteiger partial charge in [0.2, 0.25) is 5.91 Å². The molecule has 8 nitrogen and oxygen atoms in total. The molecular weight excluding hydrogens is 470 g/mol. The van der Waals surface area contributed by atoms with Gasteiger partial charge in [-0.3, -0.25) is 14.9 Å². The number of hydrogen-bond donors (Lipinski definition) is 1. The fraction of sp³-hybridized carbons (Fsp3) is 0.381. The van der Waals surface area contributed by atoms with Crippen molar-refractivity contribution in [2.75, 3.05) is 11.1 Å². The summed E-state index contributed by atoms with van der Waals surface area (Å²) < 4.78 is 2.08. The highest BCUT2D eigenvalue weighted by atomic mass is 35.5. The van der Waals surface area contributed by atoms with Crippen LogP contribution >= 0.6 is 34.7 Å². The normalized spacial score (nSPS) is 13.1. The van der Waals surface area contributed by atoms with Crippen molar-refractivity contribution in [2.45, 2.75) is 50.7 Å². The molecule has 3 aromatic rings. The fourth-order valence-electron chi connectivity index (χ4n) is 3.74. The SMILES string of the molecule is CCCn1c(SCC(=O)Nc2cc([N+](=O)[O-])ccc2Cl)nnc1-c1csc2c1CCCC2. The van der Waals surface area contributed by atoms with Crippen LogP contribution in [0.4, 0.5) is 11.4 Å². The largest absolute Gasteiger partial charge is 0.324 e. The zero-order valence-corrected chi connectivity index (χ0v) is 19.9. The van der Waals surface area contributed by atoms with Crippen LogP contribution in [-0.2, 0) is 24.2 Å². The highest BCUT2D eigenvalue weighted by Gasteiger charge is 2.22. The number of hydrogen-bond acceptors (Lipinski definition) is 7. The van der Waals surface area contributed by atoms with E-state index in [1.807, 2.05) is 0 Å². The van der Waals surface area contributed by atoms with Crippen LogP contribution in [0.1, 0.15) is 36.6 Å². The summed E-state index contributed by atoms with van der Waals surface area (Å²) in [7, 11) is 0. The average molecular weight is 492 g/mol. The molecule has 0 bridgehead atoms. The van der Waals surface area contributed by atoms with Crippen molar-refractivity contribution >= 4 is 52.0 Å². The minimum Gasteiger partial charge on any atom is -0.324 e. The topological polar surface area (TPSA) is 103 Å². The fourth-order valence-corrected chi connectivity index (χ4v) is 5.79. The van der Waals surface area contributed by atoms with Crippen molar-refractivity contribution in [3.05, 3.63) is 49.2 Å². The number of thiophene rings is 1. The number of aromatic nitrogens is 3. The first kappa shape index (κ1) is 22.8. The van der Waals surface area contributed by atoms with Crippen LogP contribution in [0.2, 0.25) is 5.02 Å². The molecule has 1 aliphatic carbocycles. The highest BCUT2D eigenvalue weighted by molar-refractivity contribution is 7.99. The van der Waals surface area contributed by atoms with Gasteiger partial charge in [0.05, 0.1) is 21.4 Å². The number of amides is 1. The summed E-state index contributed by atoms with van der Waals surface area (Å²) in [5.41, 5.74) is 2.63. The van der Waals surface area contributed by atoms with Gasteiger partial charge in [0, 0.05) is 34.5 Å². The van der Waals surface area contributed by atoms with Crippen molar-refractivity contribution in [1.82, 2.24) is 14.8 Å². The monoisotopic (exact) mass is 491 g/mol. The Morgan fingerprint density at radius 2 is 2.16 bits per heavy atom. The van der Waals surface area contributed by atoms with E-state index in [4.69, 9.17) is 11.6 Å². The minimum absolute atomic E-state index is 0.0859. The number of anilines is 1. The first-order valence-electron chi connectivity index (χ1n) is 10.4. The molecule has 0 aliphatic heterocycles. The molecule has 0 spiro atoms. The van der Waals surface area contributed by atoms with Crippen molar-refractivity contribution in [1.29, 1.82) is 0 Å². The summed E-state index contributed by atoms with van der Waals surface area (Å²) in [4.78, 5) is 24.4. The third-order valence-electron chi connectivity index (χ3n) is 5.23. The standard InChI is InChI=1S/C21H22ClN5O3S2/c1-2-9-26-20(15-11-31-18-6-4-3-5-14(15)18)24-25-21(26)32-12-19(28)23-17-10-13(27(29)30)7-8-16(17)22/h7-8,10-11H,2-6,9,12H2,1H3,(H,23,28). The Morgan fingerprint density at radius 3 is 2.94 bits per heavy atom. The van der Waals surface area contributed by atoms with Crippen LogP contribution in [0.25, 0.3) is 11.4 Å². The van der Waals surface area contributed by atoms with E-state index in [2.05, 4.69) is 32.4 Å². The summed E-state index contributed by atoms with van der Waals surface area (Å²) in [6.07, 6.45) is 5.55. The van der Waals surface area contributed by atoms with Gasteiger partial charge in [-0.2, -0.15) is 0 Å². The Bertz CT molecular complexity index is 1160. The molecule has 4 rings (SSSR count). The van der Waals surface area contributed by atoms with Gasteiger partial charge in [0.15, 0.2) is 11.0 Å². The maximum Gasteiger partial charge on any atom is 0.271 e. The summed E-state index contributed by atoms with van der Waals surface area (Å²) in [5.74, 6) is 0.622. The maximum absolute atomic E-state index is 12.5. The molecule has 1 aromatic carbocycles. The second-order valence-electron chi connectivity index (χ2n) is 7.47. The Balaban J connectivity index is 1.49. The Labute approximate surface area is 198 Å². The molecule has 0 saturated heterocycles. The van der Waals surface area contributed by atoms with E-state index in [0.717, 1.165) is 37.2 Å². The Kier molecular flexibility index (Phi) is 7.12. The summed E-state index contributed by atoms with van der Waals surface area (Å²) in [5, 5.41) is 25.6. The molecule has 168 valence electrons. The lowest BCUT2D eigenvalue weighted by atomic mass is 9.95. The van der Waals surface area contributed by atoms with Gasteiger partial charge in [-0.25, -0.2) is 0 Å². The van der Waals surface area contributed by atoms with Crippen LogP contribution in [-0.4, -0.2) is 31.3 Å². The van der Waals surface area contributed by atoms with E-state index in [9.17, 15) is 14.9 Å². The molecule has 11 heteroatoms. The van der Waals surface area contributed by atoms with E-state index >= 15 is 0 Å². The Hall–Kier alpha value is -2.43. The van der Waals surface area contributed by atoms with Crippen molar-refractivity contribution < 1.29 is 9.72 Å². The van der Waals surface area contributed by atoms with Gasteiger partial charge in [0.25, 0.3) is 5.69 Å². The van der Waals surface area contributed by atoms with Crippen molar-refractivity contribution in [2.24, 2.45) is 0 Å². The number of carbonyl (C=O) groups is 1. The van der Waals surface area contributed by atoms with Gasteiger partial charge in [-0.05, 0) is 43.7 Å². The van der Waals surface area contributed by atoms with Gasteiger partial charge < -0.3 is 9.88 Å². The van der Waals surface area contributed by atoms with Gasteiger partial charge in [0.1, 0.15) is 0 Å². The first-order valence-corrected chi connectivity index (χ1v) is 12.6. The van der Waals surface area contributed by atoms with E-state index in [1.165, 1.54) is 53.2 Å². The number of carbonyl (C=O) groups excluding carboxylic acids is 1. The molecule has 2 aromatic heterocycles. The van der Waals surface area contributed by atoms with Crippen LogP contribution in [0.15, 0.2) is 28.7 Å². The lowest BCUT2D eigenvalue weighted by Gasteiger charge is -2.13. The number of aryl methyl sites for hydroxylation is 1.